The second kappa shape index (κ2) is 8.54. The van der Waals surface area contributed by atoms with E-state index in [-0.39, 0.29) is 16.7 Å². The van der Waals surface area contributed by atoms with Crippen LogP contribution in [0.5, 0.6) is 5.75 Å². The number of nitrogens with one attached hydrogen (secondary N) is 1. The molecular weight excluding hydrogens is 402 g/mol. The normalized spacial score (nSPS) is 15.0. The van der Waals surface area contributed by atoms with Crippen LogP contribution < -0.4 is 15.6 Å². The molecule has 4 rings (SSSR count). The number of benzene rings is 2. The second-order valence-corrected chi connectivity index (χ2v) is 7.64. The topological polar surface area (TPSA) is 90.3 Å². The molecule has 0 atom stereocenters. The van der Waals surface area contributed by atoms with Crippen molar-refractivity contribution >= 4 is 39.9 Å². The van der Waals surface area contributed by atoms with Gasteiger partial charge in [-0.3, -0.25) is 24.3 Å². The number of aromatic nitrogens is 2. The quantitative estimate of drug-likeness (QED) is 0.614. The molecule has 0 bridgehead atoms. The molecular formula is C22H19N3O4S. The molecule has 30 heavy (non-hydrogen) atoms. The van der Waals surface area contributed by atoms with Crippen molar-refractivity contribution in [2.75, 3.05) is 6.61 Å². The number of nitrogens with zero attached hydrogens (tertiary/aromatic N) is 2. The Kier molecular flexibility index (Phi) is 5.67. The number of ether oxygens (including phenoxy) is 1. The number of thioether (sulfide) groups is 1. The van der Waals surface area contributed by atoms with Crippen molar-refractivity contribution in [3.05, 3.63) is 75.2 Å². The first-order valence-electron chi connectivity index (χ1n) is 9.51. The van der Waals surface area contributed by atoms with Crippen LogP contribution in [0.15, 0.2) is 58.2 Å². The standard InChI is InChI=1S/C22H19N3O4S/c1-2-19-23-17-6-4-3-5-16(17)21(27)25(19)11-12-29-15-9-7-14(8-10-15)13-18-20(26)24-22(28)30-18/h3-10,13H,2,11-12H2,1H3,(H,24,26,28). The summed E-state index contributed by atoms with van der Waals surface area (Å²) >= 11 is 0.882. The zero-order valence-corrected chi connectivity index (χ0v) is 17.1. The smallest absolute Gasteiger partial charge is 0.290 e. The predicted molar refractivity (Wildman–Crippen MR) is 116 cm³/mol. The summed E-state index contributed by atoms with van der Waals surface area (Å²) in [7, 11) is 0. The number of fused-ring (bicyclic) bond motifs is 1. The molecule has 152 valence electrons. The first-order valence-corrected chi connectivity index (χ1v) is 10.3. The van der Waals surface area contributed by atoms with Crippen LogP contribution in [-0.4, -0.2) is 27.3 Å². The Balaban J connectivity index is 1.44. The van der Waals surface area contributed by atoms with E-state index in [1.165, 1.54) is 0 Å². The molecule has 2 aromatic carbocycles. The minimum atomic E-state index is -0.383. The number of imide groups is 1. The van der Waals surface area contributed by atoms with Crippen molar-refractivity contribution in [1.82, 2.24) is 14.9 Å². The third-order valence-corrected chi connectivity index (χ3v) is 5.47. The summed E-state index contributed by atoms with van der Waals surface area (Å²) in [5.41, 5.74) is 1.43. The Morgan fingerprint density at radius 3 is 2.57 bits per heavy atom. The molecule has 0 radical (unpaired) electrons. The lowest BCUT2D eigenvalue weighted by atomic mass is 10.2. The van der Waals surface area contributed by atoms with Gasteiger partial charge in [0.2, 0.25) is 0 Å². The van der Waals surface area contributed by atoms with E-state index in [4.69, 9.17) is 4.74 Å². The third-order valence-electron chi connectivity index (χ3n) is 4.66. The number of carbonyl (C=O) groups is 2. The minimum Gasteiger partial charge on any atom is -0.492 e. The molecule has 8 heteroatoms. The third kappa shape index (κ3) is 4.13. The van der Waals surface area contributed by atoms with Crippen LogP contribution in [0.2, 0.25) is 0 Å². The van der Waals surface area contributed by atoms with Gasteiger partial charge in [0.15, 0.2) is 0 Å². The van der Waals surface area contributed by atoms with Crippen LogP contribution in [0.3, 0.4) is 0 Å². The monoisotopic (exact) mass is 421 g/mol. The number of rotatable bonds is 6. The number of hydrogen-bond acceptors (Lipinski definition) is 6. The summed E-state index contributed by atoms with van der Waals surface area (Å²) in [5, 5.41) is 2.46. The van der Waals surface area contributed by atoms with Gasteiger partial charge in [0.05, 0.1) is 22.4 Å². The van der Waals surface area contributed by atoms with E-state index in [0.29, 0.717) is 41.1 Å². The Bertz CT molecular complexity index is 1220. The zero-order valence-electron chi connectivity index (χ0n) is 16.3. The predicted octanol–water partition coefficient (Wildman–Crippen LogP) is 3.36. The Hall–Kier alpha value is -3.39. The maximum Gasteiger partial charge on any atom is 0.290 e. The maximum atomic E-state index is 12.8. The van der Waals surface area contributed by atoms with Crippen molar-refractivity contribution in [3.63, 3.8) is 0 Å². The van der Waals surface area contributed by atoms with Crippen molar-refractivity contribution in [3.8, 4) is 5.75 Å². The van der Waals surface area contributed by atoms with Crippen LogP contribution in [-0.2, 0) is 17.8 Å². The molecule has 0 saturated carbocycles. The minimum absolute atomic E-state index is 0.0649. The lowest BCUT2D eigenvalue weighted by molar-refractivity contribution is -0.115. The molecule has 1 fully saturated rings. The molecule has 1 aromatic heterocycles. The molecule has 0 aliphatic carbocycles. The highest BCUT2D eigenvalue weighted by Crippen LogP contribution is 2.26. The fourth-order valence-electron chi connectivity index (χ4n) is 3.20. The summed E-state index contributed by atoms with van der Waals surface area (Å²) in [6, 6.07) is 14.5. The molecule has 2 amide bonds. The molecule has 3 aromatic rings. The lowest BCUT2D eigenvalue weighted by Crippen LogP contribution is -2.27. The SMILES string of the molecule is CCc1nc2ccccc2c(=O)n1CCOc1ccc(C=C2SC(=O)NC2=O)cc1. The van der Waals surface area contributed by atoms with Crippen LogP contribution in [0, 0.1) is 0 Å². The summed E-state index contributed by atoms with van der Waals surface area (Å²) in [4.78, 5) is 40.6. The van der Waals surface area contributed by atoms with Gasteiger partial charge >= 0.3 is 0 Å². The van der Waals surface area contributed by atoms with Crippen LogP contribution in [0.25, 0.3) is 17.0 Å². The van der Waals surface area contributed by atoms with Gasteiger partial charge in [0.25, 0.3) is 16.7 Å². The summed E-state index contributed by atoms with van der Waals surface area (Å²) in [5.74, 6) is 0.995. The maximum absolute atomic E-state index is 12.8. The van der Waals surface area contributed by atoms with E-state index in [2.05, 4.69) is 10.3 Å². The Labute approximate surface area is 176 Å². The molecule has 7 nitrogen and oxygen atoms in total. The van der Waals surface area contributed by atoms with Crippen molar-refractivity contribution in [1.29, 1.82) is 0 Å². The summed E-state index contributed by atoms with van der Waals surface area (Å²) in [6.45, 7) is 2.68. The Morgan fingerprint density at radius 2 is 1.87 bits per heavy atom. The fourth-order valence-corrected chi connectivity index (χ4v) is 3.88. The first kappa shape index (κ1) is 19.9. The number of amides is 2. The van der Waals surface area contributed by atoms with Crippen LogP contribution in [0.4, 0.5) is 4.79 Å². The second-order valence-electron chi connectivity index (χ2n) is 6.63. The van der Waals surface area contributed by atoms with Gasteiger partial charge in [-0.2, -0.15) is 0 Å². The van der Waals surface area contributed by atoms with E-state index in [1.54, 1.807) is 41.0 Å². The van der Waals surface area contributed by atoms with Gasteiger partial charge in [-0.15, -0.1) is 0 Å². The van der Waals surface area contributed by atoms with Crippen molar-refractivity contribution in [2.24, 2.45) is 0 Å². The summed E-state index contributed by atoms with van der Waals surface area (Å²) in [6.07, 6.45) is 2.31. The molecule has 0 unspecified atom stereocenters. The summed E-state index contributed by atoms with van der Waals surface area (Å²) < 4.78 is 7.45. The van der Waals surface area contributed by atoms with E-state index < -0.39 is 0 Å². The highest BCUT2D eigenvalue weighted by Gasteiger charge is 2.24. The van der Waals surface area contributed by atoms with Gasteiger partial charge < -0.3 is 4.74 Å². The highest BCUT2D eigenvalue weighted by molar-refractivity contribution is 8.18. The van der Waals surface area contributed by atoms with Crippen LogP contribution in [0.1, 0.15) is 18.3 Å². The zero-order chi connectivity index (χ0) is 21.1. The molecule has 0 spiro atoms. The Morgan fingerprint density at radius 1 is 1.10 bits per heavy atom. The van der Waals surface area contributed by atoms with Crippen LogP contribution >= 0.6 is 11.8 Å². The molecule has 1 N–H and O–H groups in total. The average Bonchev–Trinajstić information content (AvgIpc) is 3.07. The van der Waals surface area contributed by atoms with Gasteiger partial charge in [-0.25, -0.2) is 4.98 Å². The number of aryl methyl sites for hydroxylation is 1. The van der Waals surface area contributed by atoms with Gasteiger partial charge in [0.1, 0.15) is 18.2 Å². The number of hydrogen-bond donors (Lipinski definition) is 1. The molecule has 1 saturated heterocycles. The van der Waals surface area contributed by atoms with Crippen molar-refractivity contribution in [2.45, 2.75) is 19.9 Å². The number of para-hydroxylation sites is 1. The molecule has 1 aliphatic heterocycles. The fraction of sp³-hybridized carbons (Fsp3) is 0.182. The van der Waals surface area contributed by atoms with E-state index in [0.717, 1.165) is 23.1 Å². The average molecular weight is 421 g/mol. The first-order chi connectivity index (χ1) is 14.5. The highest BCUT2D eigenvalue weighted by atomic mass is 32.2. The largest absolute Gasteiger partial charge is 0.492 e. The lowest BCUT2D eigenvalue weighted by Gasteiger charge is -2.13. The number of carbonyl (C=O) groups excluding carboxylic acids is 2. The van der Waals surface area contributed by atoms with Gasteiger partial charge in [-0.1, -0.05) is 31.2 Å². The van der Waals surface area contributed by atoms with E-state index >= 15 is 0 Å². The molecule has 1 aliphatic rings. The van der Waals surface area contributed by atoms with Gasteiger partial charge in [-0.05, 0) is 47.7 Å². The van der Waals surface area contributed by atoms with Crippen molar-refractivity contribution < 1.29 is 14.3 Å². The molecule has 2 heterocycles. The van der Waals surface area contributed by atoms with Gasteiger partial charge in [0, 0.05) is 6.42 Å². The van der Waals surface area contributed by atoms with E-state index in [9.17, 15) is 14.4 Å². The van der Waals surface area contributed by atoms with E-state index in [1.807, 2.05) is 25.1 Å².